The number of hydrogen-bond donors (Lipinski definition) is 1. The van der Waals surface area contributed by atoms with Crippen molar-refractivity contribution in [3.63, 3.8) is 0 Å². The molecule has 0 bridgehead atoms. The standard InChI is InChI=1S/C12H22O3/c1-10(14)9-12(11(2)15)7-5-3-4-6-8-13/h12-13H,3-9H2,1-2H3. The minimum Gasteiger partial charge on any atom is -0.396 e. The largest absolute Gasteiger partial charge is 0.396 e. The summed E-state index contributed by atoms with van der Waals surface area (Å²) < 4.78 is 0. The first kappa shape index (κ1) is 14.3. The molecular weight excluding hydrogens is 192 g/mol. The van der Waals surface area contributed by atoms with Crippen LogP contribution in [0.15, 0.2) is 0 Å². The number of rotatable bonds is 9. The molecule has 0 saturated carbocycles. The Labute approximate surface area is 91.9 Å². The molecule has 0 aromatic rings. The van der Waals surface area contributed by atoms with Crippen molar-refractivity contribution in [3.8, 4) is 0 Å². The molecule has 3 heteroatoms. The first-order valence-corrected chi connectivity index (χ1v) is 5.68. The van der Waals surface area contributed by atoms with Gasteiger partial charge < -0.3 is 9.90 Å². The molecule has 0 heterocycles. The zero-order valence-corrected chi connectivity index (χ0v) is 9.79. The minimum atomic E-state index is -0.0865. The van der Waals surface area contributed by atoms with Gasteiger partial charge in [-0.25, -0.2) is 0 Å². The van der Waals surface area contributed by atoms with E-state index < -0.39 is 0 Å². The van der Waals surface area contributed by atoms with E-state index in [2.05, 4.69) is 0 Å². The van der Waals surface area contributed by atoms with Crippen LogP contribution in [0, 0.1) is 5.92 Å². The molecule has 1 N–H and O–H groups in total. The van der Waals surface area contributed by atoms with Gasteiger partial charge in [0.15, 0.2) is 0 Å². The smallest absolute Gasteiger partial charge is 0.133 e. The maximum absolute atomic E-state index is 11.2. The summed E-state index contributed by atoms with van der Waals surface area (Å²) in [5.41, 5.74) is 0. The van der Waals surface area contributed by atoms with Crippen LogP contribution in [0.4, 0.5) is 0 Å². The predicted molar refractivity (Wildman–Crippen MR) is 59.6 cm³/mol. The molecule has 0 aliphatic carbocycles. The monoisotopic (exact) mass is 214 g/mol. The normalized spacial score (nSPS) is 12.5. The molecule has 0 aromatic carbocycles. The SMILES string of the molecule is CC(=O)CC(CCCCCCO)C(C)=O. The third-order valence-electron chi connectivity index (χ3n) is 2.57. The Morgan fingerprint density at radius 1 is 1.07 bits per heavy atom. The van der Waals surface area contributed by atoms with E-state index in [9.17, 15) is 9.59 Å². The van der Waals surface area contributed by atoms with Crippen molar-refractivity contribution in [2.75, 3.05) is 6.61 Å². The number of Topliss-reactive ketones (excluding diaryl/α,β-unsaturated/α-hetero) is 2. The average Bonchev–Trinajstić information content (AvgIpc) is 2.15. The van der Waals surface area contributed by atoms with Crippen molar-refractivity contribution < 1.29 is 14.7 Å². The van der Waals surface area contributed by atoms with Gasteiger partial charge >= 0.3 is 0 Å². The summed E-state index contributed by atoms with van der Waals surface area (Å²) in [6.45, 7) is 3.33. The molecule has 1 atom stereocenters. The Morgan fingerprint density at radius 3 is 2.13 bits per heavy atom. The second kappa shape index (κ2) is 8.60. The molecule has 0 radical (unpaired) electrons. The summed E-state index contributed by atoms with van der Waals surface area (Å²) in [6.07, 6.45) is 5.02. The van der Waals surface area contributed by atoms with Gasteiger partial charge in [0.05, 0.1) is 0 Å². The highest BCUT2D eigenvalue weighted by Gasteiger charge is 2.15. The van der Waals surface area contributed by atoms with Gasteiger partial charge in [0, 0.05) is 18.9 Å². The Hall–Kier alpha value is -0.700. The fraction of sp³-hybridized carbons (Fsp3) is 0.833. The molecule has 1 unspecified atom stereocenters. The molecule has 0 aliphatic heterocycles. The number of hydrogen-bond acceptors (Lipinski definition) is 3. The lowest BCUT2D eigenvalue weighted by Crippen LogP contribution is -2.14. The topological polar surface area (TPSA) is 54.4 Å². The van der Waals surface area contributed by atoms with Gasteiger partial charge in [-0.1, -0.05) is 19.3 Å². The lowest BCUT2D eigenvalue weighted by atomic mass is 9.92. The number of aliphatic hydroxyl groups excluding tert-OH is 1. The van der Waals surface area contributed by atoms with E-state index in [4.69, 9.17) is 5.11 Å². The van der Waals surface area contributed by atoms with Gasteiger partial charge in [-0.3, -0.25) is 4.79 Å². The lowest BCUT2D eigenvalue weighted by molar-refractivity contribution is -0.126. The third kappa shape index (κ3) is 8.30. The van der Waals surface area contributed by atoms with Crippen molar-refractivity contribution in [2.24, 2.45) is 5.92 Å². The summed E-state index contributed by atoms with van der Waals surface area (Å²) >= 11 is 0. The Morgan fingerprint density at radius 2 is 1.67 bits per heavy atom. The molecule has 15 heavy (non-hydrogen) atoms. The van der Waals surface area contributed by atoms with Crippen LogP contribution < -0.4 is 0 Å². The Kier molecular flexibility index (Phi) is 8.19. The van der Waals surface area contributed by atoms with Crippen LogP contribution in [0.25, 0.3) is 0 Å². The lowest BCUT2D eigenvalue weighted by Gasteiger charge is -2.11. The highest BCUT2D eigenvalue weighted by molar-refractivity contribution is 5.85. The quantitative estimate of drug-likeness (QED) is 0.598. The minimum absolute atomic E-state index is 0.0865. The maximum Gasteiger partial charge on any atom is 0.133 e. The fourth-order valence-electron chi connectivity index (χ4n) is 1.65. The molecule has 0 spiro atoms. The molecule has 0 aliphatic rings. The van der Waals surface area contributed by atoms with Gasteiger partial charge in [-0.2, -0.15) is 0 Å². The molecule has 0 saturated heterocycles. The fourth-order valence-corrected chi connectivity index (χ4v) is 1.65. The molecule has 3 nitrogen and oxygen atoms in total. The molecule has 0 aromatic heterocycles. The van der Waals surface area contributed by atoms with Crippen LogP contribution in [-0.2, 0) is 9.59 Å². The summed E-state index contributed by atoms with van der Waals surface area (Å²) in [4.78, 5) is 22.1. The van der Waals surface area contributed by atoms with Gasteiger partial charge in [-0.15, -0.1) is 0 Å². The Balaban J connectivity index is 3.67. The molecule has 0 fully saturated rings. The van der Waals surface area contributed by atoms with Gasteiger partial charge in [0.2, 0.25) is 0 Å². The zero-order chi connectivity index (χ0) is 11.7. The molecule has 0 amide bonds. The predicted octanol–water partition coefficient (Wildman–Crippen LogP) is 2.11. The van der Waals surface area contributed by atoms with Crippen LogP contribution in [0.3, 0.4) is 0 Å². The maximum atomic E-state index is 11.2. The van der Waals surface area contributed by atoms with Crippen molar-refractivity contribution in [1.82, 2.24) is 0 Å². The van der Waals surface area contributed by atoms with Crippen molar-refractivity contribution in [2.45, 2.75) is 52.4 Å². The van der Waals surface area contributed by atoms with Crippen LogP contribution in [0.1, 0.15) is 52.4 Å². The highest BCUT2D eigenvalue weighted by Crippen LogP contribution is 2.15. The number of ketones is 2. The van der Waals surface area contributed by atoms with E-state index >= 15 is 0 Å². The number of carbonyl (C=O) groups is 2. The van der Waals surface area contributed by atoms with Crippen LogP contribution in [0.5, 0.6) is 0 Å². The van der Waals surface area contributed by atoms with E-state index in [-0.39, 0.29) is 24.1 Å². The number of aliphatic hydroxyl groups is 1. The van der Waals surface area contributed by atoms with Crippen LogP contribution in [0.2, 0.25) is 0 Å². The van der Waals surface area contributed by atoms with E-state index in [0.29, 0.717) is 6.42 Å². The number of carbonyl (C=O) groups excluding carboxylic acids is 2. The second-order valence-corrected chi connectivity index (χ2v) is 4.14. The molecular formula is C12H22O3. The van der Waals surface area contributed by atoms with Gasteiger partial charge in [0.1, 0.15) is 11.6 Å². The van der Waals surface area contributed by atoms with E-state index in [1.807, 2.05) is 0 Å². The van der Waals surface area contributed by atoms with E-state index in [1.165, 1.54) is 6.92 Å². The van der Waals surface area contributed by atoms with Gasteiger partial charge in [0.25, 0.3) is 0 Å². The molecule has 0 rings (SSSR count). The van der Waals surface area contributed by atoms with Crippen molar-refractivity contribution in [1.29, 1.82) is 0 Å². The van der Waals surface area contributed by atoms with Crippen LogP contribution in [-0.4, -0.2) is 23.3 Å². The summed E-state index contributed by atoms with van der Waals surface area (Å²) in [6, 6.07) is 0. The first-order valence-electron chi connectivity index (χ1n) is 5.68. The summed E-state index contributed by atoms with van der Waals surface area (Å²) in [5, 5.41) is 8.58. The van der Waals surface area contributed by atoms with Crippen molar-refractivity contribution >= 4 is 11.6 Å². The molecule has 88 valence electrons. The average molecular weight is 214 g/mol. The highest BCUT2D eigenvalue weighted by atomic mass is 16.2. The van der Waals surface area contributed by atoms with E-state index in [1.54, 1.807) is 6.92 Å². The number of unbranched alkanes of at least 4 members (excludes halogenated alkanes) is 3. The first-order chi connectivity index (χ1) is 7.07. The zero-order valence-electron chi connectivity index (χ0n) is 9.79. The van der Waals surface area contributed by atoms with Gasteiger partial charge in [-0.05, 0) is 26.7 Å². The third-order valence-corrected chi connectivity index (χ3v) is 2.57. The Bertz CT molecular complexity index is 199. The summed E-state index contributed by atoms with van der Waals surface area (Å²) in [5.74, 6) is 0.120. The second-order valence-electron chi connectivity index (χ2n) is 4.14. The summed E-state index contributed by atoms with van der Waals surface area (Å²) in [7, 11) is 0. The van der Waals surface area contributed by atoms with E-state index in [0.717, 1.165) is 32.1 Å². The van der Waals surface area contributed by atoms with Crippen LogP contribution >= 0.6 is 0 Å². The van der Waals surface area contributed by atoms with Crippen molar-refractivity contribution in [3.05, 3.63) is 0 Å².